The largest absolute Gasteiger partial charge is 0.161 e. The summed E-state index contributed by atoms with van der Waals surface area (Å²) in [5.41, 5.74) is 0. The molecule has 1 heteroatoms. The van der Waals surface area contributed by atoms with Crippen LogP contribution in [0.5, 0.6) is 0 Å². The predicted molar refractivity (Wildman–Crippen MR) is 47.0 cm³/mol. The molecule has 1 heterocycles. The van der Waals surface area contributed by atoms with Crippen LogP contribution in [0.2, 0.25) is 0 Å². The Morgan fingerprint density at radius 3 is 1.67 bits per heavy atom. The van der Waals surface area contributed by atoms with E-state index in [0.717, 1.165) is 11.8 Å². The smallest absolute Gasteiger partial charge is 0.00287 e. The van der Waals surface area contributed by atoms with Gasteiger partial charge >= 0.3 is 0 Å². The SMILES string of the molecule is CC.CC(C)C1CSC1. The first kappa shape index (κ1) is 9.35. The monoisotopic (exact) mass is 146 g/mol. The van der Waals surface area contributed by atoms with Crippen molar-refractivity contribution in [3.8, 4) is 0 Å². The molecule has 1 aliphatic rings. The molecule has 1 rings (SSSR count). The van der Waals surface area contributed by atoms with Crippen molar-refractivity contribution in [2.75, 3.05) is 11.5 Å². The Hall–Kier alpha value is 0.350. The number of rotatable bonds is 1. The molecule has 0 radical (unpaired) electrons. The van der Waals surface area contributed by atoms with E-state index < -0.39 is 0 Å². The number of hydrogen-bond acceptors (Lipinski definition) is 1. The van der Waals surface area contributed by atoms with Crippen LogP contribution < -0.4 is 0 Å². The van der Waals surface area contributed by atoms with Crippen molar-refractivity contribution >= 4 is 11.8 Å². The van der Waals surface area contributed by atoms with Gasteiger partial charge in [-0.25, -0.2) is 0 Å². The molecule has 0 nitrogen and oxygen atoms in total. The molecule has 0 amide bonds. The molecule has 9 heavy (non-hydrogen) atoms. The first-order valence-electron chi connectivity index (χ1n) is 3.88. The molecule has 1 aliphatic heterocycles. The maximum Gasteiger partial charge on any atom is -0.00287 e. The van der Waals surface area contributed by atoms with Crippen LogP contribution in [0.15, 0.2) is 0 Å². The zero-order valence-electron chi connectivity index (χ0n) is 6.98. The van der Waals surface area contributed by atoms with Crippen molar-refractivity contribution in [2.45, 2.75) is 27.7 Å². The Labute approximate surface area is 63.4 Å². The number of hydrogen-bond donors (Lipinski definition) is 0. The molecule has 0 unspecified atom stereocenters. The Morgan fingerprint density at radius 2 is 1.67 bits per heavy atom. The molecule has 0 aromatic rings. The minimum absolute atomic E-state index is 0.932. The van der Waals surface area contributed by atoms with Gasteiger partial charge in [0.2, 0.25) is 0 Å². The third-order valence-electron chi connectivity index (χ3n) is 1.61. The summed E-state index contributed by atoms with van der Waals surface area (Å²) in [7, 11) is 0. The highest BCUT2D eigenvalue weighted by molar-refractivity contribution is 8.00. The van der Waals surface area contributed by atoms with Crippen molar-refractivity contribution in [3.05, 3.63) is 0 Å². The van der Waals surface area contributed by atoms with Crippen LogP contribution in [-0.4, -0.2) is 11.5 Å². The molecule has 1 saturated heterocycles. The van der Waals surface area contributed by atoms with Gasteiger partial charge < -0.3 is 0 Å². The minimum Gasteiger partial charge on any atom is -0.161 e. The molecule has 0 aromatic heterocycles. The summed E-state index contributed by atoms with van der Waals surface area (Å²) in [6.45, 7) is 8.62. The van der Waals surface area contributed by atoms with E-state index in [1.54, 1.807) is 0 Å². The topological polar surface area (TPSA) is 0 Å². The third-order valence-corrected chi connectivity index (χ3v) is 2.93. The van der Waals surface area contributed by atoms with Gasteiger partial charge in [0.05, 0.1) is 0 Å². The molecule has 0 saturated carbocycles. The molecule has 0 aliphatic carbocycles. The third kappa shape index (κ3) is 3.14. The highest BCUT2D eigenvalue weighted by atomic mass is 32.2. The lowest BCUT2D eigenvalue weighted by molar-refractivity contribution is 0.452. The molecule has 0 aromatic carbocycles. The Balaban J connectivity index is 0.000000291. The van der Waals surface area contributed by atoms with Gasteiger partial charge in [0.1, 0.15) is 0 Å². The van der Waals surface area contributed by atoms with E-state index in [4.69, 9.17) is 0 Å². The molecule has 0 atom stereocenters. The average Bonchev–Trinajstić information content (AvgIpc) is 1.65. The first-order valence-corrected chi connectivity index (χ1v) is 5.04. The fourth-order valence-electron chi connectivity index (χ4n) is 0.639. The van der Waals surface area contributed by atoms with E-state index in [2.05, 4.69) is 25.6 Å². The summed E-state index contributed by atoms with van der Waals surface area (Å²) in [5, 5.41) is 0. The van der Waals surface area contributed by atoms with Crippen LogP contribution in [-0.2, 0) is 0 Å². The van der Waals surface area contributed by atoms with E-state index in [1.165, 1.54) is 11.5 Å². The summed E-state index contributed by atoms with van der Waals surface area (Å²) in [4.78, 5) is 0. The molecular weight excluding hydrogens is 128 g/mol. The Morgan fingerprint density at radius 1 is 1.22 bits per heavy atom. The second kappa shape index (κ2) is 5.16. The van der Waals surface area contributed by atoms with E-state index >= 15 is 0 Å². The Kier molecular flexibility index (Phi) is 5.36. The zero-order valence-corrected chi connectivity index (χ0v) is 7.79. The van der Waals surface area contributed by atoms with Gasteiger partial charge in [-0.2, -0.15) is 11.8 Å². The maximum absolute atomic E-state index is 2.31. The van der Waals surface area contributed by atoms with Crippen molar-refractivity contribution in [2.24, 2.45) is 11.8 Å². The van der Waals surface area contributed by atoms with Crippen molar-refractivity contribution in [1.82, 2.24) is 0 Å². The Bertz CT molecular complexity index is 55.6. The van der Waals surface area contributed by atoms with Crippen molar-refractivity contribution < 1.29 is 0 Å². The highest BCUT2D eigenvalue weighted by Gasteiger charge is 2.20. The van der Waals surface area contributed by atoms with E-state index in [9.17, 15) is 0 Å². The van der Waals surface area contributed by atoms with Crippen LogP contribution in [0.1, 0.15) is 27.7 Å². The summed E-state index contributed by atoms with van der Waals surface area (Å²) in [6.07, 6.45) is 0. The summed E-state index contributed by atoms with van der Waals surface area (Å²) in [5.74, 6) is 4.81. The van der Waals surface area contributed by atoms with Gasteiger partial charge in [-0.05, 0) is 23.3 Å². The highest BCUT2D eigenvalue weighted by Crippen LogP contribution is 2.30. The van der Waals surface area contributed by atoms with E-state index in [-0.39, 0.29) is 0 Å². The quantitative estimate of drug-likeness (QED) is 0.548. The molecular formula is C8H18S. The van der Waals surface area contributed by atoms with Gasteiger partial charge in [0.25, 0.3) is 0 Å². The molecule has 0 N–H and O–H groups in total. The lowest BCUT2D eigenvalue weighted by atomic mass is 10.00. The van der Waals surface area contributed by atoms with Crippen LogP contribution in [0, 0.1) is 11.8 Å². The van der Waals surface area contributed by atoms with Crippen LogP contribution >= 0.6 is 11.8 Å². The lowest BCUT2D eigenvalue weighted by Gasteiger charge is -2.28. The van der Waals surface area contributed by atoms with Gasteiger partial charge in [-0.1, -0.05) is 27.7 Å². The average molecular weight is 146 g/mol. The van der Waals surface area contributed by atoms with Gasteiger partial charge in [-0.15, -0.1) is 0 Å². The molecule has 1 fully saturated rings. The predicted octanol–water partition coefficient (Wildman–Crippen LogP) is 3.03. The van der Waals surface area contributed by atoms with Crippen LogP contribution in [0.3, 0.4) is 0 Å². The van der Waals surface area contributed by atoms with Crippen molar-refractivity contribution in [3.63, 3.8) is 0 Å². The van der Waals surface area contributed by atoms with Gasteiger partial charge in [0, 0.05) is 0 Å². The second-order valence-electron chi connectivity index (χ2n) is 2.54. The fraction of sp³-hybridized carbons (Fsp3) is 1.00. The molecule has 0 spiro atoms. The van der Waals surface area contributed by atoms with E-state index in [1.807, 2.05) is 13.8 Å². The van der Waals surface area contributed by atoms with Crippen LogP contribution in [0.25, 0.3) is 0 Å². The van der Waals surface area contributed by atoms with Crippen LogP contribution in [0.4, 0.5) is 0 Å². The zero-order chi connectivity index (χ0) is 7.28. The summed E-state index contributed by atoms with van der Waals surface area (Å²) in [6, 6.07) is 0. The van der Waals surface area contributed by atoms with Crippen molar-refractivity contribution in [1.29, 1.82) is 0 Å². The maximum atomic E-state index is 2.31. The molecule has 0 bridgehead atoms. The first-order chi connectivity index (χ1) is 4.30. The molecule has 56 valence electrons. The second-order valence-corrected chi connectivity index (χ2v) is 3.62. The fourth-order valence-corrected chi connectivity index (χ4v) is 1.92. The van der Waals surface area contributed by atoms with E-state index in [0.29, 0.717) is 0 Å². The minimum atomic E-state index is 0.932. The summed E-state index contributed by atoms with van der Waals surface area (Å²) >= 11 is 2.07. The summed E-state index contributed by atoms with van der Waals surface area (Å²) < 4.78 is 0. The van der Waals surface area contributed by atoms with Gasteiger partial charge in [-0.3, -0.25) is 0 Å². The van der Waals surface area contributed by atoms with Gasteiger partial charge in [0.15, 0.2) is 0 Å². The lowest BCUT2D eigenvalue weighted by Crippen LogP contribution is -2.23. The number of thioether (sulfide) groups is 1. The standard InChI is InChI=1S/C6H12S.C2H6/c1-5(2)6-3-7-4-6;1-2/h5-6H,3-4H2,1-2H3;1-2H3. The normalized spacial score (nSPS) is 18.3.